The number of benzene rings is 1. The second-order valence-corrected chi connectivity index (χ2v) is 4.56. The molecule has 1 aliphatic rings. The summed E-state index contributed by atoms with van der Waals surface area (Å²) in [5, 5.41) is 0. The summed E-state index contributed by atoms with van der Waals surface area (Å²) in [4.78, 5) is 12.0. The molecule has 0 amide bonds. The number of Topliss-reactive ketones (excluding diaryl/α,β-unsaturated/α-hetero) is 1. The Morgan fingerprint density at radius 2 is 2.21 bits per heavy atom. The van der Waals surface area contributed by atoms with Crippen LogP contribution in [0.2, 0.25) is 0 Å². The molecule has 0 N–H and O–H groups in total. The van der Waals surface area contributed by atoms with Gasteiger partial charge in [0.05, 0.1) is 5.56 Å². The molecule has 0 aromatic heterocycles. The normalized spacial score (nSPS) is 21.1. The van der Waals surface area contributed by atoms with Crippen LogP contribution in [0.3, 0.4) is 0 Å². The third-order valence-electron chi connectivity index (χ3n) is 3.06. The maximum atomic E-state index is 13.5. The molecule has 0 saturated carbocycles. The van der Waals surface area contributed by atoms with Gasteiger partial charge in [-0.1, -0.05) is 0 Å². The van der Waals surface area contributed by atoms with Crippen LogP contribution in [0.5, 0.6) is 0 Å². The van der Waals surface area contributed by atoms with E-state index in [2.05, 4.69) is 0 Å². The van der Waals surface area contributed by atoms with Crippen molar-refractivity contribution in [2.45, 2.75) is 38.6 Å². The Balaban J connectivity index is 2.03. The molecule has 2 unspecified atom stereocenters. The van der Waals surface area contributed by atoms with Gasteiger partial charge in [0, 0.05) is 6.61 Å². The van der Waals surface area contributed by atoms with Crippen molar-refractivity contribution in [1.29, 1.82) is 0 Å². The molecule has 5 heteroatoms. The van der Waals surface area contributed by atoms with Gasteiger partial charge in [0.1, 0.15) is 17.7 Å². The average Bonchev–Trinajstić information content (AvgIpc) is 2.42. The minimum absolute atomic E-state index is 0.289. The van der Waals surface area contributed by atoms with Crippen LogP contribution in [0.15, 0.2) is 18.2 Å². The standard InChI is InChI=1S/C14H16F2O3/c1-9(19-13-4-2-3-7-18-13)14(17)11-8-10(15)5-6-12(11)16/h5-6,8-9,13H,2-4,7H2,1H3. The van der Waals surface area contributed by atoms with Crippen molar-refractivity contribution < 1.29 is 23.0 Å². The highest BCUT2D eigenvalue weighted by Gasteiger charge is 2.24. The molecule has 1 saturated heterocycles. The van der Waals surface area contributed by atoms with Crippen molar-refractivity contribution in [3.05, 3.63) is 35.4 Å². The first kappa shape index (κ1) is 14.1. The zero-order valence-electron chi connectivity index (χ0n) is 10.7. The van der Waals surface area contributed by atoms with Crippen molar-refractivity contribution in [2.24, 2.45) is 0 Å². The lowest BCUT2D eigenvalue weighted by Crippen LogP contribution is -2.31. The highest BCUT2D eigenvalue weighted by molar-refractivity contribution is 5.99. The minimum atomic E-state index is -0.862. The second kappa shape index (κ2) is 6.21. The summed E-state index contributed by atoms with van der Waals surface area (Å²) in [7, 11) is 0. The third-order valence-corrected chi connectivity index (χ3v) is 3.06. The summed E-state index contributed by atoms with van der Waals surface area (Å²) in [6, 6.07) is 2.80. The van der Waals surface area contributed by atoms with E-state index < -0.39 is 29.8 Å². The van der Waals surface area contributed by atoms with Crippen molar-refractivity contribution >= 4 is 5.78 Å². The smallest absolute Gasteiger partial charge is 0.194 e. The largest absolute Gasteiger partial charge is 0.353 e. The van der Waals surface area contributed by atoms with Gasteiger partial charge in [-0.3, -0.25) is 4.79 Å². The van der Waals surface area contributed by atoms with Crippen LogP contribution in [0.4, 0.5) is 8.78 Å². The average molecular weight is 270 g/mol. The number of rotatable bonds is 4. The van der Waals surface area contributed by atoms with Crippen molar-refractivity contribution in [2.75, 3.05) is 6.61 Å². The first-order valence-electron chi connectivity index (χ1n) is 6.34. The van der Waals surface area contributed by atoms with Crippen LogP contribution in [-0.2, 0) is 9.47 Å². The van der Waals surface area contributed by atoms with E-state index in [1.807, 2.05) is 0 Å². The monoisotopic (exact) mass is 270 g/mol. The Labute approximate surface area is 110 Å². The van der Waals surface area contributed by atoms with E-state index in [-0.39, 0.29) is 5.56 Å². The van der Waals surface area contributed by atoms with Gasteiger partial charge in [-0.25, -0.2) is 8.78 Å². The van der Waals surface area contributed by atoms with E-state index in [1.165, 1.54) is 6.92 Å². The molecule has 1 aliphatic heterocycles. The summed E-state index contributed by atoms with van der Waals surface area (Å²) in [6.07, 6.45) is 1.35. The number of halogens is 2. The molecule has 0 radical (unpaired) electrons. The van der Waals surface area contributed by atoms with Gasteiger partial charge in [0.2, 0.25) is 0 Å². The summed E-state index contributed by atoms with van der Waals surface area (Å²) in [5.41, 5.74) is -0.289. The van der Waals surface area contributed by atoms with Gasteiger partial charge in [0.25, 0.3) is 0 Å². The molecule has 0 spiro atoms. The van der Waals surface area contributed by atoms with Crippen LogP contribution in [0.25, 0.3) is 0 Å². The quantitative estimate of drug-likeness (QED) is 0.789. The maximum Gasteiger partial charge on any atom is 0.194 e. The lowest BCUT2D eigenvalue weighted by Gasteiger charge is -2.25. The van der Waals surface area contributed by atoms with E-state index in [4.69, 9.17) is 9.47 Å². The fraction of sp³-hybridized carbons (Fsp3) is 0.500. The number of ketones is 1. The lowest BCUT2D eigenvalue weighted by molar-refractivity contribution is -0.174. The lowest BCUT2D eigenvalue weighted by atomic mass is 10.1. The van der Waals surface area contributed by atoms with Gasteiger partial charge in [-0.05, 0) is 44.4 Å². The predicted molar refractivity (Wildman–Crippen MR) is 64.8 cm³/mol. The Bertz CT molecular complexity index is 456. The zero-order valence-corrected chi connectivity index (χ0v) is 10.7. The van der Waals surface area contributed by atoms with Gasteiger partial charge in [-0.2, -0.15) is 0 Å². The van der Waals surface area contributed by atoms with Gasteiger partial charge in [-0.15, -0.1) is 0 Å². The fourth-order valence-corrected chi connectivity index (χ4v) is 2.01. The van der Waals surface area contributed by atoms with Gasteiger partial charge >= 0.3 is 0 Å². The molecule has 1 heterocycles. The van der Waals surface area contributed by atoms with E-state index >= 15 is 0 Å². The van der Waals surface area contributed by atoms with Crippen LogP contribution in [0, 0.1) is 11.6 Å². The maximum absolute atomic E-state index is 13.5. The number of hydrogen-bond donors (Lipinski definition) is 0. The predicted octanol–water partition coefficient (Wildman–Crippen LogP) is 3.08. The molecule has 0 bridgehead atoms. The SMILES string of the molecule is CC(OC1CCCCO1)C(=O)c1cc(F)ccc1F. The summed E-state index contributed by atoms with van der Waals surface area (Å²) < 4.78 is 37.3. The van der Waals surface area contributed by atoms with E-state index in [9.17, 15) is 13.6 Å². The van der Waals surface area contributed by atoms with Gasteiger partial charge < -0.3 is 9.47 Å². The Morgan fingerprint density at radius 1 is 1.42 bits per heavy atom. The Hall–Kier alpha value is -1.33. The summed E-state index contributed by atoms with van der Waals surface area (Å²) in [5.74, 6) is -1.97. The highest BCUT2D eigenvalue weighted by Crippen LogP contribution is 2.18. The van der Waals surface area contributed by atoms with Crippen LogP contribution in [-0.4, -0.2) is 24.8 Å². The molecule has 19 heavy (non-hydrogen) atoms. The zero-order chi connectivity index (χ0) is 13.8. The summed E-state index contributed by atoms with van der Waals surface area (Å²) >= 11 is 0. The highest BCUT2D eigenvalue weighted by atomic mass is 19.1. The third kappa shape index (κ3) is 3.58. The molecule has 1 fully saturated rings. The topological polar surface area (TPSA) is 35.5 Å². The first-order valence-corrected chi connectivity index (χ1v) is 6.34. The van der Waals surface area contributed by atoms with Gasteiger partial charge in [0.15, 0.2) is 12.1 Å². The molecule has 0 aliphatic carbocycles. The molecule has 2 rings (SSSR count). The van der Waals surface area contributed by atoms with E-state index in [0.29, 0.717) is 13.0 Å². The van der Waals surface area contributed by atoms with Crippen LogP contribution < -0.4 is 0 Å². The Morgan fingerprint density at radius 3 is 2.89 bits per heavy atom. The minimum Gasteiger partial charge on any atom is -0.353 e. The number of carbonyl (C=O) groups excluding carboxylic acids is 1. The molecule has 1 aromatic rings. The summed E-state index contributed by atoms with van der Waals surface area (Å²) in [6.45, 7) is 2.12. The Kier molecular flexibility index (Phi) is 4.61. The number of carbonyl (C=O) groups is 1. The van der Waals surface area contributed by atoms with Crippen molar-refractivity contribution in [1.82, 2.24) is 0 Å². The van der Waals surface area contributed by atoms with Crippen LogP contribution in [0.1, 0.15) is 36.5 Å². The molecular weight excluding hydrogens is 254 g/mol. The number of ether oxygens (including phenoxy) is 2. The molecule has 2 atom stereocenters. The number of hydrogen-bond acceptors (Lipinski definition) is 3. The van der Waals surface area contributed by atoms with E-state index in [0.717, 1.165) is 31.0 Å². The first-order chi connectivity index (χ1) is 9.08. The molecule has 1 aromatic carbocycles. The fourth-order valence-electron chi connectivity index (χ4n) is 2.01. The van der Waals surface area contributed by atoms with Crippen molar-refractivity contribution in [3.63, 3.8) is 0 Å². The van der Waals surface area contributed by atoms with Crippen molar-refractivity contribution in [3.8, 4) is 0 Å². The van der Waals surface area contributed by atoms with E-state index in [1.54, 1.807) is 0 Å². The molecular formula is C14H16F2O3. The molecule has 3 nitrogen and oxygen atoms in total. The van der Waals surface area contributed by atoms with Crippen LogP contribution >= 0.6 is 0 Å². The second-order valence-electron chi connectivity index (χ2n) is 4.56. The molecule has 104 valence electrons.